The molecular weight excluding hydrogens is 350 g/mol. The molecule has 0 saturated carbocycles. The fourth-order valence-electron chi connectivity index (χ4n) is 1.94. The van der Waals surface area contributed by atoms with Crippen LogP contribution in [-0.4, -0.2) is 27.8 Å². The van der Waals surface area contributed by atoms with Gasteiger partial charge in [0.25, 0.3) is 5.91 Å². The van der Waals surface area contributed by atoms with Gasteiger partial charge in [-0.25, -0.2) is 0 Å². The number of benzene rings is 1. The van der Waals surface area contributed by atoms with E-state index in [4.69, 9.17) is 28.6 Å². The van der Waals surface area contributed by atoms with E-state index in [2.05, 4.69) is 13.5 Å². The molecule has 0 aromatic heterocycles. The molecule has 6 heteroatoms. The first kappa shape index (κ1) is 18.0. The molecule has 1 aliphatic rings. The van der Waals surface area contributed by atoms with Crippen molar-refractivity contribution < 1.29 is 9.53 Å². The molecule has 0 aliphatic carbocycles. The summed E-state index contributed by atoms with van der Waals surface area (Å²) < 4.78 is 6.29. The van der Waals surface area contributed by atoms with Crippen LogP contribution in [0.15, 0.2) is 35.8 Å². The lowest BCUT2D eigenvalue weighted by Gasteiger charge is -2.14. The molecule has 1 saturated heterocycles. The van der Waals surface area contributed by atoms with Crippen molar-refractivity contribution in [3.05, 3.63) is 46.3 Å². The summed E-state index contributed by atoms with van der Waals surface area (Å²) in [6.45, 7) is 8.11. The number of thioether (sulfide) groups is 1. The molecular formula is C17H18ClNO2S2. The highest BCUT2D eigenvalue weighted by molar-refractivity contribution is 8.26. The largest absolute Gasteiger partial charge is 0.489 e. The van der Waals surface area contributed by atoms with Gasteiger partial charge >= 0.3 is 0 Å². The minimum atomic E-state index is -0.101. The second kappa shape index (κ2) is 7.99. The molecule has 23 heavy (non-hydrogen) atoms. The Morgan fingerprint density at radius 3 is 2.87 bits per heavy atom. The maximum atomic E-state index is 12.3. The SMILES string of the molecule is C=CCN1C(=O)/C(=C/c2ccc(O[C@@H](C)CC)c(Cl)c2)SC1=S. The Balaban J connectivity index is 2.20. The van der Waals surface area contributed by atoms with E-state index in [0.29, 0.717) is 26.5 Å². The van der Waals surface area contributed by atoms with Crippen LogP contribution in [0.3, 0.4) is 0 Å². The Morgan fingerprint density at radius 1 is 1.52 bits per heavy atom. The lowest BCUT2D eigenvalue weighted by atomic mass is 10.2. The van der Waals surface area contributed by atoms with Crippen LogP contribution in [0.5, 0.6) is 5.75 Å². The van der Waals surface area contributed by atoms with Crippen molar-refractivity contribution in [1.29, 1.82) is 0 Å². The molecule has 1 aliphatic heterocycles. The van der Waals surface area contributed by atoms with E-state index in [1.165, 1.54) is 16.7 Å². The summed E-state index contributed by atoms with van der Waals surface area (Å²) >= 11 is 12.8. The first-order valence-electron chi connectivity index (χ1n) is 7.28. The zero-order chi connectivity index (χ0) is 17.0. The number of hydrogen-bond acceptors (Lipinski definition) is 4. The molecule has 0 bridgehead atoms. The first-order chi connectivity index (χ1) is 11.0. The summed E-state index contributed by atoms with van der Waals surface area (Å²) in [5.74, 6) is 0.549. The standard InChI is InChI=1S/C17H18ClNO2S2/c1-4-8-19-16(20)15(23-17(19)22)10-12-6-7-14(13(18)9-12)21-11(3)5-2/h4,6-7,9-11H,1,5,8H2,2-3H3/b15-10-/t11-/m0/s1. The molecule has 1 fully saturated rings. The number of carbonyl (C=O) groups is 1. The molecule has 0 radical (unpaired) electrons. The maximum Gasteiger partial charge on any atom is 0.266 e. The van der Waals surface area contributed by atoms with E-state index in [-0.39, 0.29) is 12.0 Å². The summed E-state index contributed by atoms with van der Waals surface area (Å²) in [6, 6.07) is 5.49. The molecule has 2 rings (SSSR count). The van der Waals surface area contributed by atoms with Gasteiger partial charge in [0.15, 0.2) is 0 Å². The highest BCUT2D eigenvalue weighted by Crippen LogP contribution is 2.34. The molecule has 1 aromatic carbocycles. The van der Waals surface area contributed by atoms with E-state index < -0.39 is 0 Å². The fraction of sp³-hybridized carbons (Fsp3) is 0.294. The lowest BCUT2D eigenvalue weighted by molar-refractivity contribution is -0.121. The second-order valence-electron chi connectivity index (χ2n) is 5.11. The summed E-state index contributed by atoms with van der Waals surface area (Å²) in [6.07, 6.45) is 4.46. The van der Waals surface area contributed by atoms with Gasteiger partial charge in [-0.3, -0.25) is 9.69 Å². The van der Waals surface area contributed by atoms with Gasteiger partial charge in [0.2, 0.25) is 0 Å². The molecule has 0 unspecified atom stereocenters. The van der Waals surface area contributed by atoms with Crippen LogP contribution in [0.4, 0.5) is 0 Å². The molecule has 1 aromatic rings. The third kappa shape index (κ3) is 4.37. The fourth-order valence-corrected chi connectivity index (χ4v) is 3.45. The van der Waals surface area contributed by atoms with Crippen LogP contribution in [0, 0.1) is 0 Å². The third-order valence-electron chi connectivity index (χ3n) is 3.34. The van der Waals surface area contributed by atoms with E-state index in [9.17, 15) is 4.79 Å². The smallest absolute Gasteiger partial charge is 0.266 e. The molecule has 122 valence electrons. The number of nitrogens with zero attached hydrogens (tertiary/aromatic N) is 1. The molecule has 3 nitrogen and oxygen atoms in total. The van der Waals surface area contributed by atoms with Crippen molar-refractivity contribution in [2.75, 3.05) is 6.54 Å². The van der Waals surface area contributed by atoms with E-state index in [0.717, 1.165) is 12.0 Å². The quantitative estimate of drug-likeness (QED) is 0.406. The van der Waals surface area contributed by atoms with Crippen molar-refractivity contribution in [1.82, 2.24) is 4.90 Å². The topological polar surface area (TPSA) is 29.5 Å². The van der Waals surface area contributed by atoms with Gasteiger partial charge in [0, 0.05) is 6.54 Å². The van der Waals surface area contributed by atoms with Gasteiger partial charge < -0.3 is 4.74 Å². The minimum absolute atomic E-state index is 0.101. The van der Waals surface area contributed by atoms with Crippen molar-refractivity contribution in [3.8, 4) is 5.75 Å². The van der Waals surface area contributed by atoms with Crippen LogP contribution < -0.4 is 4.74 Å². The predicted molar refractivity (Wildman–Crippen MR) is 102 cm³/mol. The minimum Gasteiger partial charge on any atom is -0.489 e. The summed E-state index contributed by atoms with van der Waals surface area (Å²) in [5.41, 5.74) is 0.839. The number of carbonyl (C=O) groups excluding carboxylic acids is 1. The average Bonchev–Trinajstić information content (AvgIpc) is 2.78. The Kier molecular flexibility index (Phi) is 6.27. The van der Waals surface area contributed by atoms with Crippen LogP contribution in [0.2, 0.25) is 5.02 Å². The molecule has 1 atom stereocenters. The zero-order valence-corrected chi connectivity index (χ0v) is 15.4. The summed E-state index contributed by atoms with van der Waals surface area (Å²) in [7, 11) is 0. The van der Waals surface area contributed by atoms with E-state index in [1.54, 1.807) is 18.2 Å². The van der Waals surface area contributed by atoms with E-state index in [1.807, 2.05) is 19.1 Å². The average molecular weight is 368 g/mol. The van der Waals surface area contributed by atoms with Gasteiger partial charge in [0.1, 0.15) is 10.1 Å². The van der Waals surface area contributed by atoms with Crippen molar-refractivity contribution in [2.45, 2.75) is 26.4 Å². The number of halogens is 1. The Hall–Kier alpha value is -1.30. The summed E-state index contributed by atoms with van der Waals surface area (Å²) in [4.78, 5) is 14.4. The highest BCUT2D eigenvalue weighted by atomic mass is 35.5. The molecule has 1 heterocycles. The van der Waals surface area contributed by atoms with Crippen molar-refractivity contribution in [2.24, 2.45) is 0 Å². The number of hydrogen-bond donors (Lipinski definition) is 0. The van der Waals surface area contributed by atoms with E-state index >= 15 is 0 Å². The molecule has 0 N–H and O–H groups in total. The number of thiocarbonyl (C=S) groups is 1. The van der Waals surface area contributed by atoms with Crippen LogP contribution in [-0.2, 0) is 4.79 Å². The second-order valence-corrected chi connectivity index (χ2v) is 7.19. The van der Waals surface area contributed by atoms with Crippen LogP contribution >= 0.6 is 35.6 Å². The molecule has 0 spiro atoms. The monoisotopic (exact) mass is 367 g/mol. The first-order valence-corrected chi connectivity index (χ1v) is 8.89. The summed E-state index contributed by atoms with van der Waals surface area (Å²) in [5, 5.41) is 0.528. The highest BCUT2D eigenvalue weighted by Gasteiger charge is 2.30. The Morgan fingerprint density at radius 2 is 2.26 bits per heavy atom. The van der Waals surface area contributed by atoms with Gasteiger partial charge in [0.05, 0.1) is 16.0 Å². The Bertz CT molecular complexity index is 673. The zero-order valence-electron chi connectivity index (χ0n) is 13.0. The third-order valence-corrected chi connectivity index (χ3v) is 5.02. The number of ether oxygens (including phenoxy) is 1. The van der Waals surface area contributed by atoms with Crippen LogP contribution in [0.1, 0.15) is 25.8 Å². The van der Waals surface area contributed by atoms with Crippen molar-refractivity contribution >= 4 is 51.9 Å². The predicted octanol–water partition coefficient (Wildman–Crippen LogP) is 4.90. The maximum absolute atomic E-state index is 12.3. The van der Waals surface area contributed by atoms with Gasteiger partial charge in [-0.2, -0.15) is 0 Å². The number of amides is 1. The normalized spacial score (nSPS) is 17.7. The molecule has 1 amide bonds. The van der Waals surface area contributed by atoms with Gasteiger partial charge in [-0.1, -0.05) is 54.6 Å². The van der Waals surface area contributed by atoms with Crippen molar-refractivity contribution in [3.63, 3.8) is 0 Å². The van der Waals surface area contributed by atoms with Crippen LogP contribution in [0.25, 0.3) is 6.08 Å². The van der Waals surface area contributed by atoms with Gasteiger partial charge in [-0.15, -0.1) is 6.58 Å². The number of rotatable bonds is 6. The lowest BCUT2D eigenvalue weighted by Crippen LogP contribution is -2.27. The Labute approximate surface area is 151 Å². The van der Waals surface area contributed by atoms with Gasteiger partial charge in [-0.05, 0) is 37.1 Å².